The first-order valence-electron chi connectivity index (χ1n) is 10.4. The van der Waals surface area contributed by atoms with E-state index in [1.54, 1.807) is 19.2 Å². The number of aryl methyl sites for hydroxylation is 2. The van der Waals surface area contributed by atoms with E-state index in [9.17, 15) is 9.50 Å². The monoisotopic (exact) mass is 404 g/mol. The minimum absolute atomic E-state index is 0.131. The number of aliphatic hydroxyl groups is 1. The molecule has 0 unspecified atom stereocenters. The van der Waals surface area contributed by atoms with E-state index in [0.29, 0.717) is 24.3 Å². The summed E-state index contributed by atoms with van der Waals surface area (Å²) in [5.74, 6) is 0.286. The predicted octanol–water partition coefficient (Wildman–Crippen LogP) is 2.74. The molecule has 1 aromatic carbocycles. The Bertz CT molecular complexity index is 823. The van der Waals surface area contributed by atoms with Crippen molar-refractivity contribution in [1.82, 2.24) is 19.6 Å². The molecule has 2 heterocycles. The van der Waals surface area contributed by atoms with E-state index in [-0.39, 0.29) is 18.5 Å². The summed E-state index contributed by atoms with van der Waals surface area (Å²) in [7, 11) is 1.54. The highest BCUT2D eigenvalue weighted by Gasteiger charge is 2.28. The number of halogens is 1. The van der Waals surface area contributed by atoms with Crippen molar-refractivity contribution in [3.63, 3.8) is 0 Å². The molecule has 1 N–H and O–H groups in total. The maximum atomic E-state index is 14.4. The van der Waals surface area contributed by atoms with Crippen LogP contribution in [-0.2, 0) is 19.6 Å². The second-order valence-electron chi connectivity index (χ2n) is 7.79. The highest BCUT2D eigenvalue weighted by Crippen LogP contribution is 2.23. The molecule has 1 fully saturated rings. The van der Waals surface area contributed by atoms with Crippen LogP contribution in [0.1, 0.15) is 35.9 Å². The van der Waals surface area contributed by atoms with Gasteiger partial charge < -0.3 is 9.84 Å². The van der Waals surface area contributed by atoms with E-state index in [1.165, 1.54) is 17.3 Å². The van der Waals surface area contributed by atoms with Gasteiger partial charge >= 0.3 is 0 Å². The number of hydrogen-bond acceptors (Lipinski definition) is 5. The summed E-state index contributed by atoms with van der Waals surface area (Å²) in [4.78, 5) is 4.71. The van der Waals surface area contributed by atoms with Crippen molar-refractivity contribution in [2.45, 2.75) is 52.9 Å². The lowest BCUT2D eigenvalue weighted by Gasteiger charge is -2.41. The number of ether oxygens (including phenoxy) is 1. The number of methoxy groups -OCH3 is 1. The molecule has 3 rings (SSSR count). The molecule has 0 amide bonds. The third-order valence-electron chi connectivity index (χ3n) is 6.00. The molecule has 6 nitrogen and oxygen atoms in total. The lowest BCUT2D eigenvalue weighted by Crippen LogP contribution is -2.52. The number of piperazine rings is 1. The fourth-order valence-electron chi connectivity index (χ4n) is 4.23. The zero-order chi connectivity index (χ0) is 21.0. The van der Waals surface area contributed by atoms with Crippen molar-refractivity contribution in [2.24, 2.45) is 0 Å². The summed E-state index contributed by atoms with van der Waals surface area (Å²) in [6.07, 6.45) is 0.681. The van der Waals surface area contributed by atoms with Gasteiger partial charge in [0.15, 0.2) is 0 Å². The van der Waals surface area contributed by atoms with Crippen LogP contribution in [0.15, 0.2) is 18.2 Å². The first-order chi connectivity index (χ1) is 14.0. The second-order valence-corrected chi connectivity index (χ2v) is 7.79. The van der Waals surface area contributed by atoms with E-state index in [4.69, 9.17) is 4.74 Å². The summed E-state index contributed by atoms with van der Waals surface area (Å²) in [6.45, 7) is 11.3. The Labute approximate surface area is 172 Å². The minimum Gasteiger partial charge on any atom is -0.497 e. The molecular weight excluding hydrogens is 371 g/mol. The van der Waals surface area contributed by atoms with E-state index in [2.05, 4.69) is 40.4 Å². The Morgan fingerprint density at radius 1 is 1.24 bits per heavy atom. The van der Waals surface area contributed by atoms with Gasteiger partial charge in [0.05, 0.1) is 12.8 Å². The van der Waals surface area contributed by atoms with Gasteiger partial charge in [-0.3, -0.25) is 14.5 Å². The van der Waals surface area contributed by atoms with E-state index >= 15 is 0 Å². The zero-order valence-electron chi connectivity index (χ0n) is 18.0. The van der Waals surface area contributed by atoms with Crippen LogP contribution in [0, 0.1) is 19.7 Å². The molecule has 0 spiro atoms. The maximum Gasteiger partial charge on any atom is 0.131 e. The molecule has 0 bridgehead atoms. The van der Waals surface area contributed by atoms with E-state index in [1.807, 2.05) is 0 Å². The van der Waals surface area contributed by atoms with Gasteiger partial charge in [-0.05, 0) is 33.3 Å². The first kappa shape index (κ1) is 21.7. The van der Waals surface area contributed by atoms with Crippen LogP contribution in [0.4, 0.5) is 4.39 Å². The number of benzene rings is 1. The number of nitrogens with zero attached hydrogens (tertiary/aromatic N) is 4. The summed E-state index contributed by atoms with van der Waals surface area (Å²) in [6, 6.07) is 5.22. The largest absolute Gasteiger partial charge is 0.497 e. The minimum atomic E-state index is -0.243. The molecule has 160 valence electrons. The van der Waals surface area contributed by atoms with Gasteiger partial charge in [-0.2, -0.15) is 5.10 Å². The molecule has 1 aliphatic rings. The van der Waals surface area contributed by atoms with Gasteiger partial charge in [0.2, 0.25) is 0 Å². The third kappa shape index (κ3) is 4.97. The molecule has 0 aliphatic carbocycles. The molecule has 2 aromatic rings. The molecule has 1 atom stereocenters. The van der Waals surface area contributed by atoms with Gasteiger partial charge in [-0.1, -0.05) is 6.07 Å². The van der Waals surface area contributed by atoms with Crippen LogP contribution < -0.4 is 4.74 Å². The molecule has 7 heteroatoms. The Morgan fingerprint density at radius 2 is 2.03 bits per heavy atom. The summed E-state index contributed by atoms with van der Waals surface area (Å²) in [5, 5.41) is 14.2. The van der Waals surface area contributed by atoms with Crippen LogP contribution in [0.3, 0.4) is 0 Å². The van der Waals surface area contributed by atoms with Crippen molar-refractivity contribution >= 4 is 0 Å². The Kier molecular flexibility index (Phi) is 7.27. The van der Waals surface area contributed by atoms with Gasteiger partial charge in [0.1, 0.15) is 11.6 Å². The average molecular weight is 405 g/mol. The molecule has 1 aromatic heterocycles. The van der Waals surface area contributed by atoms with Crippen LogP contribution in [0.5, 0.6) is 5.75 Å². The number of rotatable bonds is 8. The van der Waals surface area contributed by atoms with Crippen LogP contribution in [-0.4, -0.2) is 64.1 Å². The van der Waals surface area contributed by atoms with Crippen LogP contribution in [0.25, 0.3) is 0 Å². The van der Waals surface area contributed by atoms with Crippen molar-refractivity contribution < 1.29 is 14.2 Å². The molecule has 1 aliphatic heterocycles. The quantitative estimate of drug-likeness (QED) is 0.733. The molecule has 0 radical (unpaired) electrons. The summed E-state index contributed by atoms with van der Waals surface area (Å²) < 4.78 is 21.6. The third-order valence-corrected chi connectivity index (χ3v) is 6.00. The fraction of sp³-hybridized carbons (Fsp3) is 0.591. The van der Waals surface area contributed by atoms with Crippen molar-refractivity contribution in [3.8, 4) is 5.75 Å². The lowest BCUT2D eigenvalue weighted by molar-refractivity contribution is 0.0491. The predicted molar refractivity (Wildman–Crippen MR) is 112 cm³/mol. The number of aromatic nitrogens is 2. The van der Waals surface area contributed by atoms with Crippen molar-refractivity contribution in [2.75, 3.05) is 33.4 Å². The van der Waals surface area contributed by atoms with Gasteiger partial charge in [-0.15, -0.1) is 0 Å². The molecule has 0 saturated carbocycles. The Balaban J connectivity index is 1.69. The topological polar surface area (TPSA) is 53.8 Å². The highest BCUT2D eigenvalue weighted by atomic mass is 19.1. The first-order valence-corrected chi connectivity index (χ1v) is 10.4. The molecule has 1 saturated heterocycles. The fourth-order valence-corrected chi connectivity index (χ4v) is 4.23. The Morgan fingerprint density at radius 3 is 2.66 bits per heavy atom. The van der Waals surface area contributed by atoms with Crippen LogP contribution in [0.2, 0.25) is 0 Å². The Hall–Kier alpha value is -1.96. The number of aliphatic hydroxyl groups excluding tert-OH is 1. The normalized spacial score (nSPS) is 18.3. The standard InChI is InChI=1S/C22H33FN4O2/c1-5-27-17(3)21(16(2)24-27)15-25-9-10-26(19(14-25)8-11-28)13-18-6-7-20(29-4)12-22(18)23/h6-7,12,19,28H,5,8-11,13-15H2,1-4H3/t19-/m1/s1. The average Bonchev–Trinajstić information content (AvgIpc) is 2.98. The lowest BCUT2D eigenvalue weighted by atomic mass is 10.1. The molecular formula is C22H33FN4O2. The zero-order valence-corrected chi connectivity index (χ0v) is 18.0. The maximum absolute atomic E-state index is 14.4. The van der Waals surface area contributed by atoms with Gasteiger partial charge in [-0.25, -0.2) is 4.39 Å². The van der Waals surface area contributed by atoms with E-state index < -0.39 is 0 Å². The van der Waals surface area contributed by atoms with Gasteiger partial charge in [0.25, 0.3) is 0 Å². The highest BCUT2D eigenvalue weighted by molar-refractivity contribution is 5.29. The second kappa shape index (κ2) is 9.69. The molecule has 29 heavy (non-hydrogen) atoms. The van der Waals surface area contributed by atoms with E-state index in [0.717, 1.165) is 38.4 Å². The van der Waals surface area contributed by atoms with Crippen LogP contribution >= 0.6 is 0 Å². The van der Waals surface area contributed by atoms with Gasteiger partial charge in [0, 0.05) is 74.8 Å². The summed E-state index contributed by atoms with van der Waals surface area (Å²) in [5.41, 5.74) is 4.28. The smallest absolute Gasteiger partial charge is 0.131 e. The van der Waals surface area contributed by atoms with Crippen molar-refractivity contribution in [1.29, 1.82) is 0 Å². The summed E-state index contributed by atoms with van der Waals surface area (Å²) >= 11 is 0. The SMILES string of the molecule is CCn1nc(C)c(CN2CCN(Cc3ccc(OC)cc3F)[C@H](CCO)C2)c1C. The number of hydrogen-bond donors (Lipinski definition) is 1. The van der Waals surface area contributed by atoms with Crippen molar-refractivity contribution in [3.05, 3.63) is 46.5 Å².